The van der Waals surface area contributed by atoms with E-state index in [0.29, 0.717) is 18.4 Å². The Morgan fingerprint density at radius 3 is 2.89 bits per heavy atom. The zero-order valence-electron chi connectivity index (χ0n) is 10.9. The van der Waals surface area contributed by atoms with Crippen molar-refractivity contribution in [3.8, 4) is 0 Å². The van der Waals surface area contributed by atoms with Gasteiger partial charge in [-0.1, -0.05) is 15.9 Å². The third-order valence-corrected chi connectivity index (χ3v) is 3.43. The number of ether oxygens (including phenoxy) is 1. The molecule has 1 amide bonds. The van der Waals surface area contributed by atoms with Crippen LogP contribution < -0.4 is 0 Å². The molecule has 0 aromatic heterocycles. The van der Waals surface area contributed by atoms with Crippen LogP contribution in [0.4, 0.5) is 4.79 Å². The molecule has 2 rings (SSSR count). The molecule has 6 heteroatoms. The van der Waals surface area contributed by atoms with Gasteiger partial charge in [0.2, 0.25) is 0 Å². The van der Waals surface area contributed by atoms with Crippen LogP contribution in [0.3, 0.4) is 0 Å². The van der Waals surface area contributed by atoms with Gasteiger partial charge in [0.1, 0.15) is 5.60 Å². The molecule has 0 saturated carbocycles. The minimum absolute atomic E-state index is 0.163. The molecule has 0 spiro atoms. The molecule has 2 aliphatic rings. The van der Waals surface area contributed by atoms with E-state index >= 15 is 0 Å². The minimum Gasteiger partial charge on any atom is -0.444 e. The highest BCUT2D eigenvalue weighted by Crippen LogP contribution is 2.30. The van der Waals surface area contributed by atoms with Crippen molar-refractivity contribution in [3.63, 3.8) is 0 Å². The summed E-state index contributed by atoms with van der Waals surface area (Å²) in [6.45, 7) is 6.88. The van der Waals surface area contributed by atoms with Gasteiger partial charge in [0.15, 0.2) is 0 Å². The first kappa shape index (κ1) is 13.5. The van der Waals surface area contributed by atoms with E-state index in [2.05, 4.69) is 26.2 Å². The molecule has 0 aromatic carbocycles. The summed E-state index contributed by atoms with van der Waals surface area (Å²) in [4.78, 5) is 13.7. The van der Waals surface area contributed by atoms with Gasteiger partial charge in [-0.3, -0.25) is 0 Å². The number of rotatable bonds is 1. The highest BCUT2D eigenvalue weighted by Gasteiger charge is 2.33. The Labute approximate surface area is 115 Å². The third kappa shape index (κ3) is 2.91. The molecule has 1 saturated heterocycles. The third-order valence-electron chi connectivity index (χ3n) is 2.90. The van der Waals surface area contributed by atoms with Crippen LogP contribution in [0.15, 0.2) is 21.5 Å². The summed E-state index contributed by atoms with van der Waals surface area (Å²) in [7, 11) is 0. The maximum absolute atomic E-state index is 12.0. The van der Waals surface area contributed by atoms with Crippen molar-refractivity contribution in [2.75, 3.05) is 18.4 Å². The molecule has 0 aliphatic carbocycles. The molecule has 100 valence electrons. The topological polar surface area (TPSA) is 54.3 Å². The number of piperidine rings is 1. The van der Waals surface area contributed by atoms with Gasteiger partial charge in [0.25, 0.3) is 0 Å². The number of fused-ring (bicyclic) bond motifs is 1. The Bertz CT molecular complexity index is 412. The number of alkyl halides is 1. The highest BCUT2D eigenvalue weighted by atomic mass is 79.9. The van der Waals surface area contributed by atoms with Crippen molar-refractivity contribution in [1.29, 1.82) is 0 Å². The lowest BCUT2D eigenvalue weighted by molar-refractivity contribution is 0.0242. The summed E-state index contributed by atoms with van der Waals surface area (Å²) in [6, 6.07) is 0.163. The van der Waals surface area contributed by atoms with Crippen molar-refractivity contribution < 1.29 is 9.53 Å². The summed E-state index contributed by atoms with van der Waals surface area (Å²) in [5.74, 6) is 0. The number of halogens is 1. The smallest absolute Gasteiger partial charge is 0.410 e. The first-order chi connectivity index (χ1) is 8.40. The summed E-state index contributed by atoms with van der Waals surface area (Å²) < 4.78 is 5.39. The molecule has 2 aliphatic heterocycles. The van der Waals surface area contributed by atoms with Crippen LogP contribution in [0.25, 0.3) is 0 Å². The Morgan fingerprint density at radius 1 is 1.56 bits per heavy atom. The van der Waals surface area contributed by atoms with E-state index in [1.165, 1.54) is 0 Å². The van der Waals surface area contributed by atoms with E-state index in [9.17, 15) is 4.79 Å². The average molecular weight is 316 g/mol. The molecule has 18 heavy (non-hydrogen) atoms. The van der Waals surface area contributed by atoms with Gasteiger partial charge in [-0.15, -0.1) is 0 Å². The molecule has 2 heterocycles. The van der Waals surface area contributed by atoms with Crippen LogP contribution in [0.2, 0.25) is 0 Å². The largest absolute Gasteiger partial charge is 0.444 e. The van der Waals surface area contributed by atoms with Gasteiger partial charge in [0.05, 0.1) is 11.7 Å². The van der Waals surface area contributed by atoms with E-state index in [1.54, 1.807) is 4.90 Å². The first-order valence-electron chi connectivity index (χ1n) is 6.07. The van der Waals surface area contributed by atoms with Crippen molar-refractivity contribution in [1.82, 2.24) is 4.90 Å². The van der Waals surface area contributed by atoms with E-state index in [0.717, 1.165) is 17.7 Å². The molecule has 0 radical (unpaired) electrons. The Morgan fingerprint density at radius 2 is 2.28 bits per heavy atom. The van der Waals surface area contributed by atoms with Crippen molar-refractivity contribution in [2.24, 2.45) is 10.2 Å². The van der Waals surface area contributed by atoms with Gasteiger partial charge in [0, 0.05) is 18.4 Å². The molecular formula is C12H18BrN3O2. The molecule has 1 fully saturated rings. The minimum atomic E-state index is -0.453. The van der Waals surface area contributed by atoms with Crippen LogP contribution in [0.5, 0.6) is 0 Å². The van der Waals surface area contributed by atoms with E-state index in [4.69, 9.17) is 4.74 Å². The van der Waals surface area contributed by atoms with Crippen molar-refractivity contribution in [2.45, 2.75) is 38.8 Å². The van der Waals surface area contributed by atoms with E-state index in [1.807, 2.05) is 20.8 Å². The Hall–Kier alpha value is -0.910. The number of carbonyl (C=O) groups excluding carboxylic acids is 1. The number of allylic oxidation sites excluding steroid dienone is 1. The average Bonchev–Trinajstić information content (AvgIpc) is 2.68. The summed E-state index contributed by atoms with van der Waals surface area (Å²) in [5, 5.41) is 9.05. The summed E-state index contributed by atoms with van der Waals surface area (Å²) in [6.07, 6.45) is 0.573. The number of carbonyl (C=O) groups is 1. The van der Waals surface area contributed by atoms with Gasteiger partial charge in [-0.05, 0) is 32.8 Å². The Kier molecular flexibility index (Phi) is 3.75. The second-order valence-electron chi connectivity index (χ2n) is 5.53. The summed E-state index contributed by atoms with van der Waals surface area (Å²) in [5.41, 5.74) is 1.64. The van der Waals surface area contributed by atoms with Gasteiger partial charge in [-0.25, -0.2) is 4.79 Å². The van der Waals surface area contributed by atoms with E-state index in [-0.39, 0.29) is 12.1 Å². The second-order valence-corrected chi connectivity index (χ2v) is 6.09. The van der Waals surface area contributed by atoms with Crippen LogP contribution in [0.1, 0.15) is 27.2 Å². The number of hydrogen-bond acceptors (Lipinski definition) is 4. The molecule has 5 nitrogen and oxygen atoms in total. The van der Waals surface area contributed by atoms with Crippen molar-refractivity contribution in [3.05, 3.63) is 11.3 Å². The fraction of sp³-hybridized carbons (Fsp3) is 0.750. The number of azo groups is 1. The monoisotopic (exact) mass is 315 g/mol. The zero-order valence-corrected chi connectivity index (χ0v) is 12.5. The number of nitrogens with zero attached hydrogens (tertiary/aromatic N) is 3. The predicted octanol–water partition coefficient (Wildman–Crippen LogP) is 3.11. The second kappa shape index (κ2) is 4.99. The maximum atomic E-state index is 12.0. The molecule has 0 bridgehead atoms. The standard InChI is InChI=1S/C12H18BrN3O2/c1-12(2,3)18-11(17)16-5-4-9-8(7-16)10(6-13)15-14-9/h9H,4-7H2,1-3H3. The number of amides is 1. The number of likely N-dealkylation sites (tertiary alicyclic amines) is 1. The predicted molar refractivity (Wildman–Crippen MR) is 71.9 cm³/mol. The van der Waals surface area contributed by atoms with Gasteiger partial charge in [-0.2, -0.15) is 10.2 Å². The van der Waals surface area contributed by atoms with Crippen LogP contribution in [-0.2, 0) is 4.74 Å². The fourth-order valence-corrected chi connectivity index (χ4v) is 2.52. The Balaban J connectivity index is 2.04. The molecule has 1 atom stereocenters. The SMILES string of the molecule is CC(C)(C)OC(=O)N1CCC2N=NC(CBr)=C2C1. The quantitative estimate of drug-likeness (QED) is 0.698. The van der Waals surface area contributed by atoms with Crippen LogP contribution in [-0.4, -0.2) is 41.1 Å². The lowest BCUT2D eigenvalue weighted by Crippen LogP contribution is -2.43. The lowest BCUT2D eigenvalue weighted by atomic mass is 9.99. The van der Waals surface area contributed by atoms with E-state index < -0.39 is 5.60 Å². The maximum Gasteiger partial charge on any atom is 0.410 e. The molecule has 0 aromatic rings. The molecule has 0 N–H and O–H groups in total. The van der Waals surface area contributed by atoms with Gasteiger partial charge < -0.3 is 9.64 Å². The fourth-order valence-electron chi connectivity index (χ4n) is 2.05. The zero-order chi connectivity index (χ0) is 13.3. The first-order valence-corrected chi connectivity index (χ1v) is 7.19. The normalized spacial score (nSPS) is 23.3. The highest BCUT2D eigenvalue weighted by molar-refractivity contribution is 9.09. The summed E-state index contributed by atoms with van der Waals surface area (Å²) >= 11 is 3.40. The van der Waals surface area contributed by atoms with Crippen molar-refractivity contribution >= 4 is 22.0 Å². The van der Waals surface area contributed by atoms with Gasteiger partial charge >= 0.3 is 6.09 Å². The van der Waals surface area contributed by atoms with Crippen LogP contribution in [0, 0.1) is 0 Å². The lowest BCUT2D eigenvalue weighted by Gasteiger charge is -2.32. The van der Waals surface area contributed by atoms with Crippen LogP contribution >= 0.6 is 15.9 Å². The number of hydrogen-bond donors (Lipinski definition) is 0. The molecular weight excluding hydrogens is 298 g/mol. The molecule has 1 unspecified atom stereocenters.